The molecule has 0 aromatic heterocycles. The van der Waals surface area contributed by atoms with Gasteiger partial charge in [0.15, 0.2) is 0 Å². The van der Waals surface area contributed by atoms with E-state index in [-0.39, 0.29) is 5.91 Å². The zero-order chi connectivity index (χ0) is 10.1. The van der Waals surface area contributed by atoms with Crippen molar-refractivity contribution in [2.24, 2.45) is 0 Å². The van der Waals surface area contributed by atoms with Gasteiger partial charge in [0, 0.05) is 13.6 Å². The van der Waals surface area contributed by atoms with Crippen LogP contribution in [0.15, 0.2) is 12.2 Å². The van der Waals surface area contributed by atoms with Crippen LogP contribution in [0.5, 0.6) is 0 Å². The van der Waals surface area contributed by atoms with Gasteiger partial charge in [-0.2, -0.15) is 4.79 Å². The Labute approximate surface area is 78.5 Å². The molecule has 0 bridgehead atoms. The number of rotatable bonds is 5. The molecule has 72 valence electrons. The Kier molecular flexibility index (Phi) is 6.46. The van der Waals surface area contributed by atoms with E-state index in [9.17, 15) is 4.79 Å². The van der Waals surface area contributed by atoms with Crippen LogP contribution in [0.1, 0.15) is 19.8 Å². The lowest BCUT2D eigenvalue weighted by molar-refractivity contribution is -0.125. The third-order valence-corrected chi connectivity index (χ3v) is 1.55. The fourth-order valence-electron chi connectivity index (χ4n) is 0.755. The van der Waals surface area contributed by atoms with Crippen molar-refractivity contribution in [2.45, 2.75) is 19.8 Å². The maximum atomic E-state index is 11.0. The first-order valence-corrected chi connectivity index (χ1v) is 4.29. The average molecular weight is 181 g/mol. The first-order valence-electron chi connectivity index (χ1n) is 4.29. The molecule has 0 aliphatic rings. The minimum absolute atomic E-state index is 0.302. The number of amides is 1. The number of allylic oxidation sites excluding steroid dienone is 1. The molecule has 1 amide bonds. The van der Waals surface area contributed by atoms with E-state index in [0.29, 0.717) is 6.54 Å². The van der Waals surface area contributed by atoms with E-state index in [4.69, 9.17) is 5.53 Å². The fraction of sp³-hybridized carbons (Fsp3) is 0.556. The molecule has 0 N–H and O–H groups in total. The Bertz CT molecular complexity index is 229. The molecule has 0 aliphatic carbocycles. The molecule has 0 aliphatic heterocycles. The van der Waals surface area contributed by atoms with Crippen molar-refractivity contribution in [3.63, 3.8) is 0 Å². The molecule has 4 nitrogen and oxygen atoms in total. The van der Waals surface area contributed by atoms with Gasteiger partial charge in [0.2, 0.25) is 0 Å². The van der Waals surface area contributed by atoms with Gasteiger partial charge in [0.1, 0.15) is 0 Å². The van der Waals surface area contributed by atoms with Crippen LogP contribution in [0.2, 0.25) is 0 Å². The van der Waals surface area contributed by atoms with Crippen LogP contribution in [-0.4, -0.2) is 35.4 Å². The topological polar surface area (TPSA) is 56.7 Å². The molecule has 0 unspecified atom stereocenters. The molecule has 0 aromatic rings. The quantitative estimate of drug-likeness (QED) is 0.271. The molecule has 0 saturated heterocycles. The summed E-state index contributed by atoms with van der Waals surface area (Å²) in [6, 6.07) is 0. The third-order valence-electron chi connectivity index (χ3n) is 1.55. The van der Waals surface area contributed by atoms with Crippen LogP contribution >= 0.6 is 0 Å². The summed E-state index contributed by atoms with van der Waals surface area (Å²) in [6.07, 6.45) is 6.96. The standard InChI is InChI=1S/C9H15N3O/c1-3-4-5-6-7-12(2)9(13)8-11-10/h5-6,8H,3-4,7H2,1-2H3/b6-5-. The number of unbranched alkanes of at least 4 members (excludes halogenated alkanes) is 1. The largest absolute Gasteiger partial charge is 0.361 e. The van der Waals surface area contributed by atoms with Crippen LogP contribution in [0.4, 0.5) is 0 Å². The van der Waals surface area contributed by atoms with Gasteiger partial charge in [-0.3, -0.25) is 4.79 Å². The smallest absolute Gasteiger partial charge is 0.344 e. The second-order valence-electron chi connectivity index (χ2n) is 2.72. The zero-order valence-corrected chi connectivity index (χ0v) is 8.10. The lowest BCUT2D eigenvalue weighted by Gasteiger charge is -2.08. The van der Waals surface area contributed by atoms with Crippen molar-refractivity contribution in [1.29, 1.82) is 0 Å². The lowest BCUT2D eigenvalue weighted by atomic mass is 10.3. The summed E-state index contributed by atoms with van der Waals surface area (Å²) >= 11 is 0. The second kappa shape index (κ2) is 7.25. The predicted molar refractivity (Wildman–Crippen MR) is 51.4 cm³/mol. The highest BCUT2D eigenvalue weighted by Crippen LogP contribution is 1.89. The molecule has 4 heteroatoms. The Morgan fingerprint density at radius 2 is 2.23 bits per heavy atom. The summed E-state index contributed by atoms with van der Waals surface area (Å²) < 4.78 is 0. The molecular weight excluding hydrogens is 166 g/mol. The third kappa shape index (κ3) is 5.82. The van der Waals surface area contributed by atoms with Gasteiger partial charge in [-0.1, -0.05) is 25.5 Å². The van der Waals surface area contributed by atoms with E-state index < -0.39 is 0 Å². The second-order valence-corrected chi connectivity index (χ2v) is 2.72. The summed E-state index contributed by atoms with van der Waals surface area (Å²) in [5.41, 5.74) is 8.10. The molecule has 0 fully saturated rings. The van der Waals surface area contributed by atoms with E-state index in [1.165, 1.54) is 4.90 Å². The monoisotopic (exact) mass is 181 g/mol. The van der Waals surface area contributed by atoms with Crippen molar-refractivity contribution in [3.8, 4) is 0 Å². The Hall–Kier alpha value is -1.41. The summed E-state index contributed by atoms with van der Waals surface area (Å²) in [5.74, 6) is -0.302. The molecule has 0 radical (unpaired) electrons. The van der Waals surface area contributed by atoms with Crippen molar-refractivity contribution >= 4 is 12.1 Å². The Morgan fingerprint density at radius 1 is 1.54 bits per heavy atom. The highest BCUT2D eigenvalue weighted by Gasteiger charge is 2.06. The molecule has 0 aromatic carbocycles. The van der Waals surface area contributed by atoms with Gasteiger partial charge in [0.05, 0.1) is 0 Å². The highest BCUT2D eigenvalue weighted by atomic mass is 16.2. The van der Waals surface area contributed by atoms with Crippen LogP contribution in [0.25, 0.3) is 5.53 Å². The van der Waals surface area contributed by atoms with E-state index in [2.05, 4.69) is 11.7 Å². The molecule has 0 spiro atoms. The number of hydrogen-bond acceptors (Lipinski definition) is 1. The van der Waals surface area contributed by atoms with Crippen molar-refractivity contribution < 1.29 is 9.58 Å². The van der Waals surface area contributed by atoms with E-state index in [1.807, 2.05) is 12.2 Å². The molecule has 0 atom stereocenters. The maximum absolute atomic E-state index is 11.0. The summed E-state index contributed by atoms with van der Waals surface area (Å²) in [6.45, 7) is 2.64. The summed E-state index contributed by atoms with van der Waals surface area (Å²) in [7, 11) is 1.65. The minimum atomic E-state index is -0.302. The molecular formula is C9H15N3O. The summed E-state index contributed by atoms with van der Waals surface area (Å²) in [5, 5.41) is 0. The highest BCUT2D eigenvalue weighted by molar-refractivity contribution is 6.23. The van der Waals surface area contributed by atoms with Crippen LogP contribution in [0.3, 0.4) is 0 Å². The van der Waals surface area contributed by atoms with Crippen molar-refractivity contribution in [2.75, 3.05) is 13.6 Å². The number of likely N-dealkylation sites (N-methyl/N-ethyl adjacent to an activating group) is 1. The number of carbonyl (C=O) groups excluding carboxylic acids is 1. The van der Waals surface area contributed by atoms with Gasteiger partial charge in [0.25, 0.3) is 0 Å². The zero-order valence-electron chi connectivity index (χ0n) is 8.10. The molecule has 0 rings (SSSR count). The normalized spacial score (nSPS) is 9.69. The minimum Gasteiger partial charge on any atom is -0.361 e. The Morgan fingerprint density at radius 3 is 2.77 bits per heavy atom. The Balaban J connectivity index is 3.79. The molecule has 0 heterocycles. The fourth-order valence-corrected chi connectivity index (χ4v) is 0.755. The number of nitrogens with zero attached hydrogens (tertiary/aromatic N) is 3. The van der Waals surface area contributed by atoms with Gasteiger partial charge in [-0.05, 0) is 6.42 Å². The van der Waals surface area contributed by atoms with E-state index >= 15 is 0 Å². The summed E-state index contributed by atoms with van der Waals surface area (Å²) in [4.78, 5) is 15.1. The van der Waals surface area contributed by atoms with E-state index in [0.717, 1.165) is 19.1 Å². The van der Waals surface area contributed by atoms with Gasteiger partial charge >= 0.3 is 12.1 Å². The first-order chi connectivity index (χ1) is 6.22. The molecule has 13 heavy (non-hydrogen) atoms. The predicted octanol–water partition coefficient (Wildman–Crippen LogP) is 1.10. The number of hydrogen-bond donors (Lipinski definition) is 0. The SMILES string of the molecule is CCC/C=C\CN(C)C(=O)C=[N+]=[N-]. The van der Waals surface area contributed by atoms with Crippen molar-refractivity contribution in [3.05, 3.63) is 17.7 Å². The molecule has 0 saturated carbocycles. The maximum Gasteiger partial charge on any atom is 0.344 e. The van der Waals surface area contributed by atoms with Gasteiger partial charge in [-0.25, -0.2) is 0 Å². The van der Waals surface area contributed by atoms with Crippen molar-refractivity contribution in [1.82, 2.24) is 4.90 Å². The van der Waals surface area contributed by atoms with Crippen LogP contribution in [-0.2, 0) is 4.79 Å². The van der Waals surface area contributed by atoms with Crippen LogP contribution < -0.4 is 0 Å². The van der Waals surface area contributed by atoms with Crippen LogP contribution in [0, 0.1) is 0 Å². The van der Waals surface area contributed by atoms with E-state index in [1.54, 1.807) is 7.05 Å². The number of carbonyl (C=O) groups is 1. The first kappa shape index (κ1) is 11.6. The lowest BCUT2D eigenvalue weighted by Crippen LogP contribution is -2.27. The van der Waals surface area contributed by atoms with Gasteiger partial charge in [-0.15, -0.1) is 0 Å². The van der Waals surface area contributed by atoms with Gasteiger partial charge < -0.3 is 10.4 Å². The average Bonchev–Trinajstić information content (AvgIpc) is 2.12.